The standard InChI is InChI=1S/C22H23N5O3/c1-15-3-8-19-18(13-15)23-22(29-19)27-11-9-26(10-12-27)14-20-24-25-21(30-20)16-4-6-17(28-2)7-5-16/h3-8,13H,9-12,14H2,1-2H3. The molecule has 0 amide bonds. The molecule has 0 spiro atoms. The first kappa shape index (κ1) is 18.6. The van der Waals surface area contributed by atoms with Crippen LogP contribution in [0.25, 0.3) is 22.6 Å². The number of methoxy groups -OCH3 is 1. The molecule has 0 unspecified atom stereocenters. The van der Waals surface area contributed by atoms with E-state index in [-0.39, 0.29) is 0 Å². The van der Waals surface area contributed by atoms with Crippen LogP contribution in [0.1, 0.15) is 11.5 Å². The quantitative estimate of drug-likeness (QED) is 0.499. The summed E-state index contributed by atoms with van der Waals surface area (Å²) in [6, 6.07) is 14.3. The third-order valence-electron chi connectivity index (χ3n) is 5.34. The summed E-state index contributed by atoms with van der Waals surface area (Å²) in [6.07, 6.45) is 0. The number of aryl methyl sites for hydroxylation is 1. The van der Waals surface area contributed by atoms with Crippen molar-refractivity contribution in [3.63, 3.8) is 0 Å². The van der Waals surface area contributed by atoms with Gasteiger partial charge in [-0.1, -0.05) is 6.07 Å². The maximum Gasteiger partial charge on any atom is 0.298 e. The molecule has 0 atom stereocenters. The van der Waals surface area contributed by atoms with Gasteiger partial charge in [0.25, 0.3) is 6.01 Å². The summed E-state index contributed by atoms with van der Waals surface area (Å²) in [6.45, 7) is 6.11. The fraction of sp³-hybridized carbons (Fsp3) is 0.318. The van der Waals surface area contributed by atoms with Crippen LogP contribution in [0.15, 0.2) is 51.3 Å². The van der Waals surface area contributed by atoms with Gasteiger partial charge >= 0.3 is 0 Å². The van der Waals surface area contributed by atoms with E-state index in [1.165, 1.54) is 5.56 Å². The van der Waals surface area contributed by atoms with Crippen LogP contribution >= 0.6 is 0 Å². The Balaban J connectivity index is 1.20. The Bertz CT molecular complexity index is 1140. The van der Waals surface area contributed by atoms with Gasteiger partial charge < -0.3 is 18.5 Å². The van der Waals surface area contributed by atoms with Crippen LogP contribution in [0.5, 0.6) is 5.75 Å². The fourth-order valence-electron chi connectivity index (χ4n) is 3.62. The molecule has 8 nitrogen and oxygen atoms in total. The topological polar surface area (TPSA) is 80.7 Å². The summed E-state index contributed by atoms with van der Waals surface area (Å²) in [4.78, 5) is 9.13. The highest BCUT2D eigenvalue weighted by Gasteiger charge is 2.22. The van der Waals surface area contributed by atoms with Gasteiger partial charge in [-0.15, -0.1) is 10.2 Å². The Morgan fingerprint density at radius 3 is 2.53 bits per heavy atom. The maximum atomic E-state index is 5.93. The molecule has 1 aliphatic heterocycles. The van der Waals surface area contributed by atoms with Crippen LogP contribution in [0.3, 0.4) is 0 Å². The molecule has 154 valence electrons. The fourth-order valence-corrected chi connectivity index (χ4v) is 3.62. The Kier molecular flexibility index (Phi) is 4.84. The highest BCUT2D eigenvalue weighted by molar-refractivity contribution is 5.75. The average Bonchev–Trinajstić information content (AvgIpc) is 3.41. The van der Waals surface area contributed by atoms with Crippen molar-refractivity contribution in [2.75, 3.05) is 38.2 Å². The Morgan fingerprint density at radius 2 is 1.77 bits per heavy atom. The van der Waals surface area contributed by atoms with Gasteiger partial charge in [0.15, 0.2) is 5.58 Å². The van der Waals surface area contributed by atoms with E-state index >= 15 is 0 Å². The second-order valence-electron chi connectivity index (χ2n) is 7.46. The summed E-state index contributed by atoms with van der Waals surface area (Å²) >= 11 is 0. The minimum absolute atomic E-state index is 0.521. The molecule has 0 radical (unpaired) electrons. The van der Waals surface area contributed by atoms with Crippen molar-refractivity contribution in [2.24, 2.45) is 0 Å². The summed E-state index contributed by atoms with van der Waals surface area (Å²) in [7, 11) is 1.64. The van der Waals surface area contributed by atoms with Crippen LogP contribution in [-0.2, 0) is 6.54 Å². The summed E-state index contributed by atoms with van der Waals surface area (Å²) in [5.41, 5.74) is 3.80. The van der Waals surface area contributed by atoms with E-state index in [0.717, 1.165) is 48.6 Å². The molecule has 3 heterocycles. The Hall–Kier alpha value is -3.39. The smallest absolute Gasteiger partial charge is 0.298 e. The van der Waals surface area contributed by atoms with E-state index < -0.39 is 0 Å². The number of aromatic nitrogens is 3. The van der Waals surface area contributed by atoms with E-state index in [0.29, 0.717) is 24.3 Å². The molecular weight excluding hydrogens is 382 g/mol. The molecule has 2 aromatic heterocycles. The number of ether oxygens (including phenoxy) is 1. The van der Waals surface area contributed by atoms with Crippen LogP contribution in [-0.4, -0.2) is 53.4 Å². The van der Waals surface area contributed by atoms with Crippen molar-refractivity contribution in [1.82, 2.24) is 20.1 Å². The molecule has 0 aliphatic carbocycles. The number of benzene rings is 2. The lowest BCUT2D eigenvalue weighted by Gasteiger charge is -2.32. The monoisotopic (exact) mass is 405 g/mol. The summed E-state index contributed by atoms with van der Waals surface area (Å²) in [5, 5.41) is 8.39. The number of nitrogens with zero attached hydrogens (tertiary/aromatic N) is 5. The second kappa shape index (κ2) is 7.79. The van der Waals surface area contributed by atoms with Crippen molar-refractivity contribution in [1.29, 1.82) is 0 Å². The number of hydrogen-bond acceptors (Lipinski definition) is 8. The first-order valence-corrected chi connectivity index (χ1v) is 9.99. The molecule has 5 rings (SSSR count). The van der Waals surface area contributed by atoms with Gasteiger partial charge in [-0.25, -0.2) is 0 Å². The van der Waals surface area contributed by atoms with Gasteiger partial charge in [0, 0.05) is 31.7 Å². The summed E-state index contributed by atoms with van der Waals surface area (Å²) in [5.74, 6) is 1.94. The van der Waals surface area contributed by atoms with Crippen molar-refractivity contribution in [2.45, 2.75) is 13.5 Å². The maximum absolute atomic E-state index is 5.93. The molecule has 1 saturated heterocycles. The van der Waals surface area contributed by atoms with E-state index in [1.54, 1.807) is 7.11 Å². The van der Waals surface area contributed by atoms with Crippen LogP contribution < -0.4 is 9.64 Å². The normalized spacial score (nSPS) is 15.1. The number of anilines is 1. The van der Waals surface area contributed by atoms with Crippen molar-refractivity contribution < 1.29 is 13.6 Å². The zero-order valence-corrected chi connectivity index (χ0v) is 17.0. The highest BCUT2D eigenvalue weighted by Crippen LogP contribution is 2.25. The molecule has 0 bridgehead atoms. The zero-order chi connectivity index (χ0) is 20.5. The predicted molar refractivity (Wildman–Crippen MR) is 113 cm³/mol. The lowest BCUT2D eigenvalue weighted by molar-refractivity contribution is 0.223. The predicted octanol–water partition coefficient (Wildman–Crippen LogP) is 3.52. The number of piperazine rings is 1. The number of rotatable bonds is 5. The van der Waals surface area contributed by atoms with Gasteiger partial charge in [0.05, 0.1) is 13.7 Å². The molecule has 8 heteroatoms. The second-order valence-corrected chi connectivity index (χ2v) is 7.46. The SMILES string of the molecule is COc1ccc(-c2nnc(CN3CCN(c4nc5cc(C)ccc5o4)CC3)o2)cc1. The molecule has 1 fully saturated rings. The van der Waals surface area contributed by atoms with Gasteiger partial charge in [-0.3, -0.25) is 4.90 Å². The average molecular weight is 405 g/mol. The van der Waals surface area contributed by atoms with Crippen molar-refractivity contribution in [3.8, 4) is 17.2 Å². The number of fused-ring (bicyclic) bond motifs is 1. The van der Waals surface area contributed by atoms with E-state index in [1.807, 2.05) is 36.4 Å². The van der Waals surface area contributed by atoms with Crippen molar-refractivity contribution in [3.05, 3.63) is 53.9 Å². The van der Waals surface area contributed by atoms with Gasteiger partial charge in [-0.05, 0) is 48.9 Å². The van der Waals surface area contributed by atoms with E-state index in [9.17, 15) is 0 Å². The molecule has 2 aromatic carbocycles. The van der Waals surface area contributed by atoms with Gasteiger partial charge in [0.1, 0.15) is 11.3 Å². The van der Waals surface area contributed by atoms with E-state index in [2.05, 4.69) is 38.0 Å². The van der Waals surface area contributed by atoms with E-state index in [4.69, 9.17) is 13.6 Å². The highest BCUT2D eigenvalue weighted by atomic mass is 16.5. The first-order valence-electron chi connectivity index (χ1n) is 9.99. The Morgan fingerprint density at radius 1 is 0.967 bits per heavy atom. The molecular formula is C22H23N5O3. The molecule has 4 aromatic rings. The third-order valence-corrected chi connectivity index (χ3v) is 5.34. The van der Waals surface area contributed by atoms with Crippen LogP contribution in [0, 0.1) is 6.92 Å². The van der Waals surface area contributed by atoms with Crippen molar-refractivity contribution >= 4 is 17.1 Å². The molecule has 0 N–H and O–H groups in total. The minimum Gasteiger partial charge on any atom is -0.497 e. The first-order chi connectivity index (χ1) is 14.7. The number of hydrogen-bond donors (Lipinski definition) is 0. The van der Waals surface area contributed by atoms with Crippen LogP contribution in [0.4, 0.5) is 6.01 Å². The molecule has 30 heavy (non-hydrogen) atoms. The van der Waals surface area contributed by atoms with Gasteiger partial charge in [0.2, 0.25) is 11.8 Å². The largest absolute Gasteiger partial charge is 0.497 e. The Labute approximate surface area is 174 Å². The lowest BCUT2D eigenvalue weighted by atomic mass is 10.2. The third kappa shape index (κ3) is 3.73. The summed E-state index contributed by atoms with van der Waals surface area (Å²) < 4.78 is 17.0. The lowest BCUT2D eigenvalue weighted by Crippen LogP contribution is -2.46. The molecule has 0 saturated carbocycles. The number of oxazole rings is 1. The van der Waals surface area contributed by atoms with Gasteiger partial charge in [-0.2, -0.15) is 4.98 Å². The minimum atomic E-state index is 0.521. The zero-order valence-electron chi connectivity index (χ0n) is 17.0. The van der Waals surface area contributed by atoms with Crippen LogP contribution in [0.2, 0.25) is 0 Å². The molecule has 1 aliphatic rings.